The number of aromatic nitrogens is 2. The molecule has 7 heteroatoms. The van der Waals surface area contributed by atoms with Crippen LogP contribution in [-0.2, 0) is 4.74 Å². The number of nitrogens with zero attached hydrogens (tertiary/aromatic N) is 3. The molecular weight excluding hydrogens is 280 g/mol. The lowest BCUT2D eigenvalue weighted by Gasteiger charge is -2.39. The van der Waals surface area contributed by atoms with E-state index in [9.17, 15) is 4.79 Å². The Morgan fingerprint density at radius 3 is 2.65 bits per heavy atom. The maximum absolute atomic E-state index is 11.5. The maximum Gasteiger partial charge on any atom is 0.341 e. The summed E-state index contributed by atoms with van der Waals surface area (Å²) in [5.41, 5.74) is 0.432. The minimum Gasteiger partial charge on any atom is -0.462 e. The number of esters is 1. The summed E-state index contributed by atoms with van der Waals surface area (Å²) in [4.78, 5) is 22.1. The molecule has 20 heavy (non-hydrogen) atoms. The Kier molecular flexibility index (Phi) is 5.71. The van der Waals surface area contributed by atoms with Gasteiger partial charge in [0.1, 0.15) is 0 Å². The van der Waals surface area contributed by atoms with E-state index in [1.807, 2.05) is 0 Å². The highest BCUT2D eigenvalue weighted by Gasteiger charge is 2.27. The van der Waals surface area contributed by atoms with Crippen LogP contribution in [-0.4, -0.2) is 47.7 Å². The van der Waals surface area contributed by atoms with Gasteiger partial charge < -0.3 is 15.0 Å². The molecule has 1 aliphatic rings. The normalized spacial score (nSPS) is 17.2. The van der Waals surface area contributed by atoms with Crippen molar-refractivity contribution in [2.24, 2.45) is 0 Å². The lowest BCUT2D eigenvalue weighted by Crippen LogP contribution is -2.57. The van der Waals surface area contributed by atoms with Gasteiger partial charge in [-0.3, -0.25) is 0 Å². The zero-order valence-electron chi connectivity index (χ0n) is 12.0. The summed E-state index contributed by atoms with van der Waals surface area (Å²) in [7, 11) is 0. The van der Waals surface area contributed by atoms with Crippen LogP contribution in [0.4, 0.5) is 5.95 Å². The zero-order valence-corrected chi connectivity index (χ0v) is 12.9. The van der Waals surface area contributed by atoms with Crippen LogP contribution in [0.25, 0.3) is 0 Å². The molecule has 1 aromatic heterocycles. The summed E-state index contributed by atoms with van der Waals surface area (Å²) < 4.78 is 4.90. The molecule has 0 spiro atoms. The summed E-state index contributed by atoms with van der Waals surface area (Å²) >= 11 is 0. The van der Waals surface area contributed by atoms with E-state index in [2.05, 4.69) is 34.0 Å². The molecule has 1 N–H and O–H groups in total. The van der Waals surface area contributed by atoms with Crippen molar-refractivity contribution in [3.8, 4) is 0 Å². The first kappa shape index (κ1) is 16.7. The van der Waals surface area contributed by atoms with Gasteiger partial charge in [0.15, 0.2) is 0 Å². The molecule has 1 fully saturated rings. The number of carbonyl (C=O) groups excluding carboxylic acids is 1. The molecule has 1 aliphatic heterocycles. The summed E-state index contributed by atoms with van der Waals surface area (Å²) in [6.45, 7) is 9.02. The molecule has 0 saturated carbocycles. The molecule has 0 bridgehead atoms. The van der Waals surface area contributed by atoms with Crippen molar-refractivity contribution >= 4 is 24.3 Å². The minimum absolute atomic E-state index is 0. The molecule has 2 heterocycles. The summed E-state index contributed by atoms with van der Waals surface area (Å²) in [5, 5.41) is 3.43. The highest BCUT2D eigenvalue weighted by Crippen LogP contribution is 2.15. The number of rotatable bonds is 3. The third-order valence-corrected chi connectivity index (χ3v) is 3.00. The van der Waals surface area contributed by atoms with Crippen molar-refractivity contribution in [2.75, 3.05) is 31.1 Å². The number of piperazine rings is 1. The molecule has 112 valence electrons. The second kappa shape index (κ2) is 6.85. The Bertz CT molecular complexity index is 450. The van der Waals surface area contributed by atoms with Gasteiger partial charge in [0.05, 0.1) is 12.2 Å². The lowest BCUT2D eigenvalue weighted by molar-refractivity contribution is 0.0525. The summed E-state index contributed by atoms with van der Waals surface area (Å²) in [5.74, 6) is 0.275. The van der Waals surface area contributed by atoms with E-state index >= 15 is 0 Å². The van der Waals surface area contributed by atoms with Gasteiger partial charge in [-0.15, -0.1) is 12.4 Å². The molecule has 6 nitrogen and oxygen atoms in total. The molecule has 0 radical (unpaired) electrons. The Morgan fingerprint density at radius 2 is 2.10 bits per heavy atom. The van der Waals surface area contributed by atoms with Gasteiger partial charge in [0.25, 0.3) is 0 Å². The number of hydrogen-bond acceptors (Lipinski definition) is 6. The van der Waals surface area contributed by atoms with E-state index in [-0.39, 0.29) is 23.9 Å². The molecule has 0 atom stereocenters. The minimum atomic E-state index is -0.380. The molecular formula is C13H21ClN4O2. The maximum atomic E-state index is 11.5. The monoisotopic (exact) mass is 300 g/mol. The number of hydrogen-bond donors (Lipinski definition) is 1. The smallest absolute Gasteiger partial charge is 0.341 e. The van der Waals surface area contributed by atoms with Crippen molar-refractivity contribution in [1.82, 2.24) is 15.3 Å². The molecule has 1 saturated heterocycles. The van der Waals surface area contributed by atoms with E-state index in [0.29, 0.717) is 18.1 Å². The molecule has 0 amide bonds. The number of carbonyl (C=O) groups is 1. The van der Waals surface area contributed by atoms with E-state index in [0.717, 1.165) is 19.6 Å². The topological polar surface area (TPSA) is 67.3 Å². The van der Waals surface area contributed by atoms with Crippen LogP contribution in [0.15, 0.2) is 12.4 Å². The van der Waals surface area contributed by atoms with Gasteiger partial charge in [-0.05, 0) is 20.8 Å². The summed E-state index contributed by atoms with van der Waals surface area (Å²) in [6.07, 6.45) is 3.05. The third kappa shape index (κ3) is 4.05. The zero-order chi connectivity index (χ0) is 13.9. The Hall–Kier alpha value is -1.40. The van der Waals surface area contributed by atoms with E-state index in [1.54, 1.807) is 6.92 Å². The van der Waals surface area contributed by atoms with Crippen molar-refractivity contribution in [2.45, 2.75) is 26.3 Å². The number of halogens is 1. The Balaban J connectivity index is 0.00000200. The fourth-order valence-electron chi connectivity index (χ4n) is 2.12. The van der Waals surface area contributed by atoms with Crippen molar-refractivity contribution in [3.63, 3.8) is 0 Å². The van der Waals surface area contributed by atoms with E-state index < -0.39 is 0 Å². The first-order valence-corrected chi connectivity index (χ1v) is 6.51. The van der Waals surface area contributed by atoms with Gasteiger partial charge in [-0.25, -0.2) is 14.8 Å². The molecule has 0 unspecified atom stereocenters. The highest BCUT2D eigenvalue weighted by molar-refractivity contribution is 5.88. The van der Waals surface area contributed by atoms with Crippen molar-refractivity contribution in [3.05, 3.63) is 18.0 Å². The van der Waals surface area contributed by atoms with Gasteiger partial charge >= 0.3 is 5.97 Å². The van der Waals surface area contributed by atoms with Crippen LogP contribution in [0.5, 0.6) is 0 Å². The summed E-state index contributed by atoms with van der Waals surface area (Å²) in [6, 6.07) is 0. The average molecular weight is 301 g/mol. The quantitative estimate of drug-likeness (QED) is 0.848. The molecule has 1 aromatic rings. The van der Waals surface area contributed by atoms with Crippen LogP contribution in [0.2, 0.25) is 0 Å². The number of anilines is 1. The first-order chi connectivity index (χ1) is 9.02. The Labute approximate surface area is 125 Å². The fraction of sp³-hybridized carbons (Fsp3) is 0.615. The fourth-order valence-corrected chi connectivity index (χ4v) is 2.12. The second-order valence-electron chi connectivity index (χ2n) is 5.22. The molecule has 0 aliphatic carbocycles. The lowest BCUT2D eigenvalue weighted by atomic mass is 10.0. The Morgan fingerprint density at radius 1 is 1.45 bits per heavy atom. The average Bonchev–Trinajstić information content (AvgIpc) is 2.38. The van der Waals surface area contributed by atoms with Gasteiger partial charge in [0.2, 0.25) is 5.95 Å². The van der Waals surface area contributed by atoms with Crippen LogP contribution >= 0.6 is 12.4 Å². The van der Waals surface area contributed by atoms with Gasteiger partial charge in [-0.2, -0.15) is 0 Å². The van der Waals surface area contributed by atoms with Gasteiger partial charge in [0, 0.05) is 37.6 Å². The number of ether oxygens (including phenoxy) is 1. The van der Waals surface area contributed by atoms with E-state index in [1.165, 1.54) is 12.4 Å². The van der Waals surface area contributed by atoms with Crippen LogP contribution in [0.1, 0.15) is 31.1 Å². The predicted molar refractivity (Wildman–Crippen MR) is 79.5 cm³/mol. The third-order valence-electron chi connectivity index (χ3n) is 3.00. The second-order valence-corrected chi connectivity index (χ2v) is 5.22. The van der Waals surface area contributed by atoms with Crippen molar-refractivity contribution < 1.29 is 9.53 Å². The van der Waals surface area contributed by atoms with Gasteiger partial charge in [-0.1, -0.05) is 0 Å². The standard InChI is InChI=1S/C13H20N4O2.ClH/c1-4-19-11(18)10-7-14-12(15-8-10)17-6-5-16-13(2,3)9-17;/h7-8,16H,4-6,9H2,1-3H3;1H. The largest absolute Gasteiger partial charge is 0.462 e. The van der Waals surface area contributed by atoms with Crippen LogP contribution < -0.4 is 10.2 Å². The van der Waals surface area contributed by atoms with Crippen LogP contribution in [0.3, 0.4) is 0 Å². The van der Waals surface area contributed by atoms with E-state index in [4.69, 9.17) is 4.74 Å². The van der Waals surface area contributed by atoms with Crippen molar-refractivity contribution in [1.29, 1.82) is 0 Å². The molecule has 0 aromatic carbocycles. The first-order valence-electron chi connectivity index (χ1n) is 6.51. The highest BCUT2D eigenvalue weighted by atomic mass is 35.5. The molecule has 2 rings (SSSR count). The van der Waals surface area contributed by atoms with Crippen LogP contribution in [0, 0.1) is 0 Å². The number of nitrogens with one attached hydrogen (secondary N) is 1. The predicted octanol–water partition coefficient (Wildman–Crippen LogP) is 1.26. The SMILES string of the molecule is CCOC(=O)c1cnc(N2CCNC(C)(C)C2)nc1.Cl.